The van der Waals surface area contributed by atoms with E-state index in [1.165, 1.54) is 11.3 Å². The van der Waals surface area contributed by atoms with Crippen LogP contribution in [0.2, 0.25) is 4.47 Å². The third-order valence-electron chi connectivity index (χ3n) is 6.32. The van der Waals surface area contributed by atoms with Crippen molar-refractivity contribution >= 4 is 34.0 Å². The fourth-order valence-electron chi connectivity index (χ4n) is 4.46. The van der Waals surface area contributed by atoms with Crippen molar-refractivity contribution in [1.82, 2.24) is 24.7 Å². The summed E-state index contributed by atoms with van der Waals surface area (Å²) >= 11 is 7.42. The third kappa shape index (κ3) is 3.06. The first-order valence-electron chi connectivity index (χ1n) is 9.68. The third-order valence-corrected chi connectivity index (χ3v) is 7.32. The zero-order valence-corrected chi connectivity index (χ0v) is 17.1. The smallest absolute Gasteiger partial charge is 0.262 e. The molecule has 2 fully saturated rings. The summed E-state index contributed by atoms with van der Waals surface area (Å²) in [4.78, 5) is 24.8. The summed E-state index contributed by atoms with van der Waals surface area (Å²) in [5, 5.41) is 6.91. The van der Waals surface area contributed by atoms with Crippen LogP contribution < -0.4 is 5.56 Å². The number of thiazole rings is 1. The van der Waals surface area contributed by atoms with Gasteiger partial charge in [-0.1, -0.05) is 11.6 Å². The number of fused-ring (bicyclic) bond motifs is 1. The van der Waals surface area contributed by atoms with Crippen LogP contribution in [0.1, 0.15) is 74.8 Å². The molecule has 0 aliphatic heterocycles. The molecule has 28 heavy (non-hydrogen) atoms. The van der Waals surface area contributed by atoms with Gasteiger partial charge >= 0.3 is 0 Å². The maximum Gasteiger partial charge on any atom is 0.262 e. The fraction of sp³-hybridized carbons (Fsp3) is 0.579. The molecule has 2 unspecified atom stereocenters. The Morgan fingerprint density at radius 3 is 2.64 bits per heavy atom. The van der Waals surface area contributed by atoms with Gasteiger partial charge < -0.3 is 4.98 Å². The SMILES string of the molecule is CC1(F)CCC(n2ncc3c(=O)[nH]c(C4CCC4c4csc(Cl)n4)nc32)CC1. The van der Waals surface area contributed by atoms with Gasteiger partial charge in [-0.25, -0.2) is 19.0 Å². The molecule has 148 valence electrons. The van der Waals surface area contributed by atoms with Gasteiger partial charge in [0.15, 0.2) is 10.1 Å². The molecular formula is C19H21ClFN5OS. The standard InChI is InChI=1S/C19H21ClFN5OS/c1-19(21)6-4-10(5-7-19)26-16-13(8-22-26)17(27)25-15(24-16)12-3-2-11(12)14-9-28-18(20)23-14/h8-12H,2-7H2,1H3,(H,24,25,27). The minimum absolute atomic E-state index is 0.0815. The van der Waals surface area contributed by atoms with Gasteiger partial charge in [-0.3, -0.25) is 4.79 Å². The predicted molar refractivity (Wildman–Crippen MR) is 107 cm³/mol. The Morgan fingerprint density at radius 2 is 2.00 bits per heavy atom. The van der Waals surface area contributed by atoms with E-state index in [9.17, 15) is 9.18 Å². The Balaban J connectivity index is 1.49. The maximum atomic E-state index is 14.2. The molecule has 0 radical (unpaired) electrons. The second-order valence-electron chi connectivity index (χ2n) is 8.24. The molecule has 3 aromatic rings. The summed E-state index contributed by atoms with van der Waals surface area (Å²) in [5.74, 6) is 1.03. The minimum Gasteiger partial charge on any atom is -0.310 e. The van der Waals surface area contributed by atoms with Crippen molar-refractivity contribution < 1.29 is 4.39 Å². The van der Waals surface area contributed by atoms with E-state index in [1.807, 2.05) is 10.1 Å². The predicted octanol–water partition coefficient (Wildman–Crippen LogP) is 4.73. The van der Waals surface area contributed by atoms with Crippen molar-refractivity contribution in [3.8, 4) is 0 Å². The number of alkyl halides is 1. The molecule has 2 aliphatic carbocycles. The van der Waals surface area contributed by atoms with Gasteiger partial charge in [-0.2, -0.15) is 5.10 Å². The van der Waals surface area contributed by atoms with Gasteiger partial charge in [-0.05, 0) is 45.4 Å². The van der Waals surface area contributed by atoms with E-state index in [0.717, 1.165) is 18.5 Å². The Hall–Kier alpha value is -1.80. The summed E-state index contributed by atoms with van der Waals surface area (Å²) in [6, 6.07) is 0.0815. The van der Waals surface area contributed by atoms with Gasteiger partial charge in [0.05, 0.1) is 17.9 Å². The van der Waals surface area contributed by atoms with Crippen LogP contribution in [-0.4, -0.2) is 30.4 Å². The summed E-state index contributed by atoms with van der Waals surface area (Å²) in [6.07, 6.45) is 5.95. The summed E-state index contributed by atoms with van der Waals surface area (Å²) in [7, 11) is 0. The Kier molecular flexibility index (Phi) is 4.32. The lowest BCUT2D eigenvalue weighted by molar-refractivity contribution is 0.103. The zero-order valence-electron chi connectivity index (χ0n) is 15.5. The van der Waals surface area contributed by atoms with Crippen LogP contribution in [-0.2, 0) is 0 Å². The normalized spacial score (nSPS) is 30.5. The Labute approximate surface area is 170 Å². The van der Waals surface area contributed by atoms with E-state index in [0.29, 0.717) is 47.0 Å². The van der Waals surface area contributed by atoms with Crippen LogP contribution >= 0.6 is 22.9 Å². The average molecular weight is 422 g/mol. The van der Waals surface area contributed by atoms with Crippen LogP contribution in [0.3, 0.4) is 0 Å². The fourth-order valence-corrected chi connectivity index (χ4v) is 5.29. The van der Waals surface area contributed by atoms with E-state index in [-0.39, 0.29) is 23.4 Å². The molecule has 0 bridgehead atoms. The van der Waals surface area contributed by atoms with E-state index < -0.39 is 5.67 Å². The molecule has 3 aromatic heterocycles. The highest BCUT2D eigenvalue weighted by molar-refractivity contribution is 7.13. The van der Waals surface area contributed by atoms with E-state index in [1.54, 1.807) is 13.1 Å². The van der Waals surface area contributed by atoms with Crippen LogP contribution in [0.4, 0.5) is 4.39 Å². The highest BCUT2D eigenvalue weighted by atomic mass is 35.5. The van der Waals surface area contributed by atoms with Crippen molar-refractivity contribution in [2.45, 2.75) is 69.0 Å². The number of aromatic nitrogens is 5. The van der Waals surface area contributed by atoms with Gasteiger partial charge in [0.25, 0.3) is 5.56 Å². The first-order chi connectivity index (χ1) is 13.4. The quantitative estimate of drug-likeness (QED) is 0.663. The monoisotopic (exact) mass is 421 g/mol. The molecule has 3 heterocycles. The largest absolute Gasteiger partial charge is 0.310 e. The molecule has 2 atom stereocenters. The molecule has 0 aromatic carbocycles. The van der Waals surface area contributed by atoms with E-state index in [2.05, 4.69) is 15.1 Å². The average Bonchev–Trinajstić information content (AvgIpc) is 3.21. The Morgan fingerprint density at radius 1 is 1.25 bits per heavy atom. The van der Waals surface area contributed by atoms with Gasteiger partial charge in [0, 0.05) is 17.2 Å². The van der Waals surface area contributed by atoms with E-state index >= 15 is 0 Å². The van der Waals surface area contributed by atoms with Crippen molar-refractivity contribution in [3.63, 3.8) is 0 Å². The first-order valence-corrected chi connectivity index (χ1v) is 10.9. The number of hydrogen-bond acceptors (Lipinski definition) is 5. The minimum atomic E-state index is -1.11. The number of aromatic amines is 1. The molecule has 9 heteroatoms. The second-order valence-corrected chi connectivity index (χ2v) is 9.68. The molecule has 0 saturated heterocycles. The van der Waals surface area contributed by atoms with Crippen molar-refractivity contribution in [1.29, 1.82) is 0 Å². The van der Waals surface area contributed by atoms with Crippen LogP contribution in [0.5, 0.6) is 0 Å². The first kappa shape index (κ1) is 18.2. The molecule has 6 nitrogen and oxygen atoms in total. The summed E-state index contributed by atoms with van der Waals surface area (Å²) in [6.45, 7) is 1.66. The number of H-pyrrole nitrogens is 1. The lowest BCUT2D eigenvalue weighted by Crippen LogP contribution is -2.29. The molecule has 1 N–H and O–H groups in total. The molecule has 2 saturated carbocycles. The van der Waals surface area contributed by atoms with Crippen molar-refractivity contribution in [2.75, 3.05) is 0 Å². The molecule has 0 amide bonds. The molecule has 2 aliphatic rings. The lowest BCUT2D eigenvalue weighted by atomic mass is 9.71. The highest BCUT2D eigenvalue weighted by Gasteiger charge is 2.38. The molecule has 0 spiro atoms. The van der Waals surface area contributed by atoms with Crippen LogP contribution in [0, 0.1) is 0 Å². The topological polar surface area (TPSA) is 76.5 Å². The lowest BCUT2D eigenvalue weighted by Gasteiger charge is -2.34. The molecule has 5 rings (SSSR count). The van der Waals surface area contributed by atoms with Crippen LogP contribution in [0.15, 0.2) is 16.4 Å². The highest BCUT2D eigenvalue weighted by Crippen LogP contribution is 2.48. The van der Waals surface area contributed by atoms with Crippen molar-refractivity contribution in [2.24, 2.45) is 0 Å². The maximum absolute atomic E-state index is 14.2. The summed E-state index contributed by atoms with van der Waals surface area (Å²) < 4.78 is 16.5. The van der Waals surface area contributed by atoms with Gasteiger partial charge in [-0.15, -0.1) is 11.3 Å². The number of nitrogens with one attached hydrogen (secondary N) is 1. The van der Waals surface area contributed by atoms with Gasteiger partial charge in [0.1, 0.15) is 16.9 Å². The Bertz CT molecular complexity index is 1080. The number of hydrogen-bond donors (Lipinski definition) is 1. The molecular weight excluding hydrogens is 401 g/mol. The number of nitrogens with zero attached hydrogens (tertiary/aromatic N) is 4. The van der Waals surface area contributed by atoms with Crippen molar-refractivity contribution in [3.05, 3.63) is 37.9 Å². The second kappa shape index (κ2) is 6.62. The van der Waals surface area contributed by atoms with E-state index in [4.69, 9.17) is 16.6 Å². The van der Waals surface area contributed by atoms with Crippen LogP contribution in [0.25, 0.3) is 11.0 Å². The zero-order chi connectivity index (χ0) is 19.5. The number of rotatable bonds is 3. The summed E-state index contributed by atoms with van der Waals surface area (Å²) in [5.41, 5.74) is 0.299. The van der Waals surface area contributed by atoms with Gasteiger partial charge in [0.2, 0.25) is 0 Å². The number of halogens is 2.